The number of hydrogen-bond acceptors (Lipinski definition) is 4. The average molecular weight is 303 g/mol. The monoisotopic (exact) mass is 303 g/mol. The first-order valence-corrected chi connectivity index (χ1v) is 8.01. The maximum absolute atomic E-state index is 12.5. The standard InChI is InChI=1S/C12H21N3O4S/c1-4-14(6-9(2)5-13)20(18,19)15-7-10(3)11(8-15)12(16)17/h9-11H,4,6-8H2,1-3H3,(H,16,17)/t9?,10-,11-/m1/s1. The summed E-state index contributed by atoms with van der Waals surface area (Å²) in [4.78, 5) is 11.1. The summed E-state index contributed by atoms with van der Waals surface area (Å²) in [5, 5.41) is 17.9. The highest BCUT2D eigenvalue weighted by molar-refractivity contribution is 7.86. The normalized spacial score (nSPS) is 25.6. The summed E-state index contributed by atoms with van der Waals surface area (Å²) < 4.78 is 27.4. The number of rotatable bonds is 6. The summed E-state index contributed by atoms with van der Waals surface area (Å²) >= 11 is 0. The van der Waals surface area contributed by atoms with E-state index in [1.807, 2.05) is 6.07 Å². The van der Waals surface area contributed by atoms with E-state index in [0.717, 1.165) is 0 Å². The van der Waals surface area contributed by atoms with Crippen molar-refractivity contribution in [3.05, 3.63) is 0 Å². The molecule has 0 aliphatic carbocycles. The molecule has 0 spiro atoms. The van der Waals surface area contributed by atoms with Crippen LogP contribution in [-0.2, 0) is 15.0 Å². The number of hydrogen-bond donors (Lipinski definition) is 1. The topological polar surface area (TPSA) is 102 Å². The van der Waals surface area contributed by atoms with Gasteiger partial charge in [0.1, 0.15) is 0 Å². The molecule has 20 heavy (non-hydrogen) atoms. The van der Waals surface area contributed by atoms with Crippen LogP contribution in [0.15, 0.2) is 0 Å². The van der Waals surface area contributed by atoms with Gasteiger partial charge < -0.3 is 5.11 Å². The molecule has 1 heterocycles. The largest absolute Gasteiger partial charge is 0.481 e. The molecule has 7 nitrogen and oxygen atoms in total. The van der Waals surface area contributed by atoms with E-state index in [1.54, 1.807) is 20.8 Å². The molecule has 0 amide bonds. The van der Waals surface area contributed by atoms with Crippen molar-refractivity contribution < 1.29 is 18.3 Å². The molecule has 1 unspecified atom stereocenters. The van der Waals surface area contributed by atoms with Crippen LogP contribution in [-0.4, -0.2) is 54.3 Å². The third-order valence-corrected chi connectivity index (χ3v) is 5.61. The quantitative estimate of drug-likeness (QED) is 0.763. The van der Waals surface area contributed by atoms with Gasteiger partial charge in [-0.15, -0.1) is 0 Å². The smallest absolute Gasteiger partial charge is 0.308 e. The van der Waals surface area contributed by atoms with E-state index in [2.05, 4.69) is 0 Å². The van der Waals surface area contributed by atoms with E-state index in [1.165, 1.54) is 8.61 Å². The lowest BCUT2D eigenvalue weighted by atomic mass is 9.99. The van der Waals surface area contributed by atoms with Crippen LogP contribution >= 0.6 is 0 Å². The highest BCUT2D eigenvalue weighted by atomic mass is 32.2. The van der Waals surface area contributed by atoms with Crippen molar-refractivity contribution in [2.45, 2.75) is 20.8 Å². The van der Waals surface area contributed by atoms with Crippen molar-refractivity contribution in [1.29, 1.82) is 5.26 Å². The van der Waals surface area contributed by atoms with E-state index in [-0.39, 0.29) is 32.1 Å². The number of nitrogens with zero attached hydrogens (tertiary/aromatic N) is 3. The van der Waals surface area contributed by atoms with Crippen molar-refractivity contribution in [2.75, 3.05) is 26.2 Å². The first-order chi connectivity index (χ1) is 9.23. The minimum Gasteiger partial charge on any atom is -0.481 e. The minimum absolute atomic E-state index is 0.00370. The molecule has 0 aromatic rings. The molecule has 1 rings (SSSR count). The number of carbonyl (C=O) groups is 1. The summed E-state index contributed by atoms with van der Waals surface area (Å²) in [5.74, 6) is -2.25. The van der Waals surface area contributed by atoms with Crippen LogP contribution in [0.1, 0.15) is 20.8 Å². The summed E-state index contributed by atoms with van der Waals surface area (Å²) in [6.45, 7) is 5.69. The molecular formula is C12H21N3O4S. The van der Waals surface area contributed by atoms with Crippen molar-refractivity contribution in [3.63, 3.8) is 0 Å². The van der Waals surface area contributed by atoms with Crippen molar-refractivity contribution >= 4 is 16.2 Å². The van der Waals surface area contributed by atoms with E-state index in [9.17, 15) is 13.2 Å². The van der Waals surface area contributed by atoms with Gasteiger partial charge in [0, 0.05) is 26.2 Å². The Morgan fingerprint density at radius 3 is 2.55 bits per heavy atom. The molecule has 0 aromatic carbocycles. The van der Waals surface area contributed by atoms with E-state index in [0.29, 0.717) is 0 Å². The van der Waals surface area contributed by atoms with Crippen molar-refractivity contribution in [1.82, 2.24) is 8.61 Å². The molecule has 0 saturated carbocycles. The molecule has 114 valence electrons. The second kappa shape index (κ2) is 6.52. The van der Waals surface area contributed by atoms with Gasteiger partial charge >= 0.3 is 5.97 Å². The first kappa shape index (κ1) is 16.9. The van der Waals surface area contributed by atoms with Crippen molar-refractivity contribution in [3.8, 4) is 6.07 Å². The number of carboxylic acids is 1. The average Bonchev–Trinajstić information content (AvgIpc) is 2.78. The number of aliphatic carboxylic acids is 1. The van der Waals surface area contributed by atoms with Crippen LogP contribution in [0, 0.1) is 29.1 Å². The molecular weight excluding hydrogens is 282 g/mol. The van der Waals surface area contributed by atoms with E-state index >= 15 is 0 Å². The Labute approximate surface area is 120 Å². The zero-order valence-electron chi connectivity index (χ0n) is 12.0. The van der Waals surface area contributed by atoms with Gasteiger partial charge in [-0.2, -0.15) is 22.3 Å². The Morgan fingerprint density at radius 2 is 2.15 bits per heavy atom. The summed E-state index contributed by atoms with van der Waals surface area (Å²) in [6, 6.07) is 2.01. The molecule has 8 heteroatoms. The Bertz CT molecular complexity index is 499. The maximum atomic E-state index is 12.5. The summed E-state index contributed by atoms with van der Waals surface area (Å²) in [7, 11) is -3.70. The molecule has 0 bridgehead atoms. The van der Waals surface area contributed by atoms with Crippen LogP contribution in [0.25, 0.3) is 0 Å². The first-order valence-electron chi connectivity index (χ1n) is 6.61. The van der Waals surface area contributed by atoms with Gasteiger partial charge in [0.05, 0.1) is 17.9 Å². The highest BCUT2D eigenvalue weighted by Gasteiger charge is 2.42. The van der Waals surface area contributed by atoms with Gasteiger partial charge in [0.25, 0.3) is 10.2 Å². The third kappa shape index (κ3) is 3.48. The Hall–Kier alpha value is -1.17. The Morgan fingerprint density at radius 1 is 1.55 bits per heavy atom. The maximum Gasteiger partial charge on any atom is 0.308 e. The van der Waals surface area contributed by atoms with Gasteiger partial charge in [0.15, 0.2) is 0 Å². The van der Waals surface area contributed by atoms with Gasteiger partial charge in [-0.05, 0) is 12.8 Å². The molecule has 1 N–H and O–H groups in total. The predicted octanol–water partition coefficient (Wildman–Crippen LogP) is 0.365. The summed E-state index contributed by atoms with van der Waals surface area (Å²) in [5.41, 5.74) is 0. The molecule has 1 aliphatic heterocycles. The zero-order chi connectivity index (χ0) is 15.5. The van der Waals surface area contributed by atoms with Gasteiger partial charge in [0.2, 0.25) is 0 Å². The SMILES string of the molecule is CCN(CC(C)C#N)S(=O)(=O)N1C[C@@H](C)[C@H](C(=O)O)C1. The lowest BCUT2D eigenvalue weighted by Gasteiger charge is -2.27. The van der Waals surface area contributed by atoms with Crippen LogP contribution in [0.5, 0.6) is 0 Å². The van der Waals surface area contributed by atoms with E-state index in [4.69, 9.17) is 10.4 Å². The Kier molecular flexibility index (Phi) is 5.50. The lowest BCUT2D eigenvalue weighted by Crippen LogP contribution is -2.44. The predicted molar refractivity (Wildman–Crippen MR) is 72.8 cm³/mol. The van der Waals surface area contributed by atoms with Crippen LogP contribution in [0.2, 0.25) is 0 Å². The number of nitriles is 1. The van der Waals surface area contributed by atoms with E-state index < -0.39 is 28.0 Å². The van der Waals surface area contributed by atoms with Crippen LogP contribution in [0.4, 0.5) is 0 Å². The fourth-order valence-electron chi connectivity index (χ4n) is 2.33. The fourth-order valence-corrected chi connectivity index (χ4v) is 4.17. The lowest BCUT2D eigenvalue weighted by molar-refractivity contribution is -0.142. The fraction of sp³-hybridized carbons (Fsp3) is 0.833. The molecule has 0 radical (unpaired) electrons. The molecule has 0 aromatic heterocycles. The van der Waals surface area contributed by atoms with Gasteiger partial charge in [-0.25, -0.2) is 0 Å². The summed E-state index contributed by atoms with van der Waals surface area (Å²) in [6.07, 6.45) is 0. The second-order valence-corrected chi connectivity index (χ2v) is 7.16. The highest BCUT2D eigenvalue weighted by Crippen LogP contribution is 2.27. The zero-order valence-corrected chi connectivity index (χ0v) is 12.8. The molecule has 1 fully saturated rings. The molecule has 1 aliphatic rings. The van der Waals surface area contributed by atoms with Crippen LogP contribution in [0.3, 0.4) is 0 Å². The molecule has 1 saturated heterocycles. The van der Waals surface area contributed by atoms with Crippen molar-refractivity contribution in [2.24, 2.45) is 17.8 Å². The third-order valence-electron chi connectivity index (χ3n) is 3.60. The number of carboxylic acid groups (broad SMARTS) is 1. The second-order valence-electron chi connectivity index (χ2n) is 5.23. The van der Waals surface area contributed by atoms with Gasteiger partial charge in [-0.1, -0.05) is 13.8 Å². The Balaban J connectivity index is 2.88. The van der Waals surface area contributed by atoms with Crippen LogP contribution < -0.4 is 0 Å². The minimum atomic E-state index is -3.70. The van der Waals surface area contributed by atoms with Gasteiger partial charge in [-0.3, -0.25) is 4.79 Å². The molecule has 3 atom stereocenters.